The minimum absolute atomic E-state index is 0.129. The predicted molar refractivity (Wildman–Crippen MR) is 88.8 cm³/mol. The quantitative estimate of drug-likeness (QED) is 0.814. The van der Waals surface area contributed by atoms with Gasteiger partial charge in [-0.15, -0.1) is 0 Å². The third-order valence-electron chi connectivity index (χ3n) is 3.99. The van der Waals surface area contributed by atoms with Crippen LogP contribution in [0.1, 0.15) is 29.2 Å². The van der Waals surface area contributed by atoms with Crippen molar-refractivity contribution in [2.75, 3.05) is 11.4 Å². The van der Waals surface area contributed by atoms with Gasteiger partial charge in [0.25, 0.3) is 5.91 Å². The highest BCUT2D eigenvalue weighted by atomic mass is 16.5. The zero-order valence-electron chi connectivity index (χ0n) is 13.3. The maximum Gasteiger partial charge on any atom is 0.272 e. The van der Waals surface area contributed by atoms with Gasteiger partial charge in [0.05, 0.1) is 5.69 Å². The molecule has 0 N–H and O–H groups in total. The van der Waals surface area contributed by atoms with E-state index in [9.17, 15) is 9.59 Å². The van der Waals surface area contributed by atoms with E-state index in [2.05, 4.69) is 0 Å². The van der Waals surface area contributed by atoms with E-state index < -0.39 is 6.10 Å². The molecule has 2 aromatic rings. The zero-order valence-corrected chi connectivity index (χ0v) is 13.3. The highest BCUT2D eigenvalue weighted by Gasteiger charge is 2.36. The maximum atomic E-state index is 12.9. The van der Waals surface area contributed by atoms with Crippen LogP contribution in [-0.2, 0) is 9.59 Å². The summed E-state index contributed by atoms with van der Waals surface area (Å²) >= 11 is 0. The summed E-state index contributed by atoms with van der Waals surface area (Å²) in [4.78, 5) is 25.4. The molecule has 0 spiro atoms. The average Bonchev–Trinajstić information content (AvgIpc) is 2.54. The summed E-state index contributed by atoms with van der Waals surface area (Å²) in [5, 5.41) is 0. The van der Waals surface area contributed by atoms with E-state index in [1.807, 2.05) is 56.3 Å². The van der Waals surface area contributed by atoms with Crippen molar-refractivity contribution in [1.29, 1.82) is 0 Å². The number of anilines is 1. The second-order valence-electron chi connectivity index (χ2n) is 5.78. The lowest BCUT2D eigenvalue weighted by molar-refractivity contribution is -0.126. The molecule has 0 aromatic heterocycles. The largest absolute Gasteiger partial charge is 0.473 e. The van der Waals surface area contributed by atoms with Crippen LogP contribution in [-0.4, -0.2) is 18.7 Å². The van der Waals surface area contributed by atoms with E-state index in [1.54, 1.807) is 4.90 Å². The van der Waals surface area contributed by atoms with E-state index in [0.29, 0.717) is 13.0 Å². The fraction of sp³-hybridized carbons (Fsp3) is 0.263. The van der Waals surface area contributed by atoms with Gasteiger partial charge in [0.1, 0.15) is 12.0 Å². The normalized spacial score (nSPS) is 16.7. The topological polar surface area (TPSA) is 46.6 Å². The van der Waals surface area contributed by atoms with E-state index >= 15 is 0 Å². The Kier molecular flexibility index (Phi) is 4.15. The summed E-state index contributed by atoms with van der Waals surface area (Å²) in [5.41, 5.74) is 3.62. The van der Waals surface area contributed by atoms with E-state index in [1.165, 1.54) is 0 Å². The van der Waals surface area contributed by atoms with Crippen LogP contribution in [0.2, 0.25) is 0 Å². The third-order valence-corrected chi connectivity index (χ3v) is 3.99. The molecule has 4 heteroatoms. The van der Waals surface area contributed by atoms with Gasteiger partial charge in [-0.1, -0.05) is 36.4 Å². The van der Waals surface area contributed by atoms with Crippen molar-refractivity contribution in [2.45, 2.75) is 26.4 Å². The monoisotopic (exact) mass is 309 g/mol. The SMILES string of the molecule is Cc1cc(C)c2c(c1)N(CCC=O)C(=O)C(c1ccccc1)O2. The summed E-state index contributed by atoms with van der Waals surface area (Å²) in [7, 11) is 0. The molecule has 1 amide bonds. The number of aryl methyl sites for hydroxylation is 2. The Morgan fingerprint density at radius 3 is 2.61 bits per heavy atom. The molecule has 0 bridgehead atoms. The highest BCUT2D eigenvalue weighted by Crippen LogP contribution is 2.41. The second kappa shape index (κ2) is 6.24. The highest BCUT2D eigenvalue weighted by molar-refractivity contribution is 6.01. The van der Waals surface area contributed by atoms with Gasteiger partial charge in [-0.05, 0) is 31.0 Å². The number of rotatable bonds is 4. The number of ether oxygens (including phenoxy) is 1. The summed E-state index contributed by atoms with van der Waals surface area (Å²) in [6.45, 7) is 4.32. The number of carbonyl (C=O) groups is 2. The number of benzene rings is 2. The van der Waals surface area contributed by atoms with Gasteiger partial charge in [0.2, 0.25) is 6.10 Å². The first-order valence-electron chi connectivity index (χ1n) is 7.69. The van der Waals surface area contributed by atoms with Crippen molar-refractivity contribution in [3.05, 3.63) is 59.2 Å². The van der Waals surface area contributed by atoms with Crippen molar-refractivity contribution in [1.82, 2.24) is 0 Å². The molecular formula is C19H19NO3. The minimum atomic E-state index is -0.670. The van der Waals surface area contributed by atoms with Gasteiger partial charge in [-0.3, -0.25) is 4.79 Å². The summed E-state index contributed by atoms with van der Waals surface area (Å²) in [6, 6.07) is 13.4. The molecule has 0 fully saturated rings. The molecule has 23 heavy (non-hydrogen) atoms. The molecule has 0 radical (unpaired) electrons. The summed E-state index contributed by atoms with van der Waals surface area (Å²) < 4.78 is 6.05. The molecule has 2 aromatic carbocycles. The first-order chi connectivity index (χ1) is 11.1. The van der Waals surface area contributed by atoms with Crippen LogP contribution >= 0.6 is 0 Å². The Bertz CT molecular complexity index is 740. The Morgan fingerprint density at radius 1 is 1.17 bits per heavy atom. The van der Waals surface area contributed by atoms with Gasteiger partial charge in [-0.2, -0.15) is 0 Å². The van der Waals surface area contributed by atoms with Crippen LogP contribution < -0.4 is 9.64 Å². The molecule has 0 aliphatic carbocycles. The van der Waals surface area contributed by atoms with E-state index in [4.69, 9.17) is 4.74 Å². The fourth-order valence-electron chi connectivity index (χ4n) is 2.97. The lowest BCUT2D eigenvalue weighted by atomic mass is 10.0. The van der Waals surface area contributed by atoms with Crippen LogP contribution in [0.25, 0.3) is 0 Å². The van der Waals surface area contributed by atoms with E-state index in [-0.39, 0.29) is 5.91 Å². The molecule has 1 atom stereocenters. The molecule has 0 saturated carbocycles. The van der Waals surface area contributed by atoms with Crippen LogP contribution in [0, 0.1) is 13.8 Å². The molecule has 4 nitrogen and oxygen atoms in total. The average molecular weight is 309 g/mol. The van der Waals surface area contributed by atoms with Gasteiger partial charge >= 0.3 is 0 Å². The first-order valence-corrected chi connectivity index (χ1v) is 7.69. The number of nitrogens with zero attached hydrogens (tertiary/aromatic N) is 1. The third kappa shape index (κ3) is 2.84. The van der Waals surface area contributed by atoms with Crippen molar-refractivity contribution >= 4 is 17.9 Å². The van der Waals surface area contributed by atoms with Gasteiger partial charge in [-0.25, -0.2) is 0 Å². The van der Waals surface area contributed by atoms with Gasteiger partial charge < -0.3 is 14.4 Å². The zero-order chi connectivity index (χ0) is 16.4. The molecule has 1 unspecified atom stereocenters. The van der Waals surface area contributed by atoms with Crippen LogP contribution in [0.5, 0.6) is 5.75 Å². The lowest BCUT2D eigenvalue weighted by Gasteiger charge is -2.35. The molecular weight excluding hydrogens is 290 g/mol. The van der Waals surface area contributed by atoms with Crippen LogP contribution in [0.3, 0.4) is 0 Å². The van der Waals surface area contributed by atoms with Crippen molar-refractivity contribution in [3.63, 3.8) is 0 Å². The number of hydrogen-bond donors (Lipinski definition) is 0. The number of carbonyl (C=O) groups excluding carboxylic acids is 2. The number of fused-ring (bicyclic) bond motifs is 1. The molecule has 0 saturated heterocycles. The number of aldehydes is 1. The standard InChI is InChI=1S/C19H19NO3/c1-13-11-14(2)17-16(12-13)20(9-6-10-21)19(22)18(23-17)15-7-4-3-5-8-15/h3-5,7-8,10-12,18H,6,9H2,1-2H3. The predicted octanol–water partition coefficient (Wildman–Crippen LogP) is 3.36. The number of amides is 1. The van der Waals surface area contributed by atoms with Crippen molar-refractivity contribution < 1.29 is 14.3 Å². The Balaban J connectivity index is 2.08. The Labute approximate surface area is 135 Å². The second-order valence-corrected chi connectivity index (χ2v) is 5.78. The molecule has 3 rings (SSSR count). The fourth-order valence-corrected chi connectivity index (χ4v) is 2.97. The van der Waals surface area contributed by atoms with Gasteiger partial charge in [0.15, 0.2) is 0 Å². The smallest absolute Gasteiger partial charge is 0.272 e. The minimum Gasteiger partial charge on any atom is -0.473 e. The lowest BCUT2D eigenvalue weighted by Crippen LogP contribution is -2.42. The van der Waals surface area contributed by atoms with Gasteiger partial charge in [0, 0.05) is 18.5 Å². The van der Waals surface area contributed by atoms with Crippen molar-refractivity contribution in [3.8, 4) is 5.75 Å². The van der Waals surface area contributed by atoms with Crippen LogP contribution in [0.4, 0.5) is 5.69 Å². The Hall–Kier alpha value is -2.62. The maximum absolute atomic E-state index is 12.9. The Morgan fingerprint density at radius 2 is 1.91 bits per heavy atom. The molecule has 118 valence electrons. The molecule has 1 heterocycles. The van der Waals surface area contributed by atoms with E-state index in [0.717, 1.165) is 34.4 Å². The van der Waals surface area contributed by atoms with Crippen LogP contribution in [0.15, 0.2) is 42.5 Å². The first kappa shape index (κ1) is 15.3. The molecule has 1 aliphatic rings. The summed E-state index contributed by atoms with van der Waals surface area (Å²) in [5.74, 6) is 0.588. The molecule has 1 aliphatic heterocycles. The summed E-state index contributed by atoms with van der Waals surface area (Å²) in [6.07, 6.45) is 0.471. The van der Waals surface area contributed by atoms with Crippen molar-refractivity contribution in [2.24, 2.45) is 0 Å². The number of hydrogen-bond acceptors (Lipinski definition) is 3.